The molecule has 64 valence electrons. The molecule has 1 nitrogen and oxygen atoms in total. The van der Waals surface area contributed by atoms with E-state index >= 15 is 0 Å². The molecule has 0 aliphatic heterocycles. The Morgan fingerprint density at radius 1 is 1.45 bits per heavy atom. The molecule has 0 saturated carbocycles. The second-order valence-corrected chi connectivity index (χ2v) is 5.35. The van der Waals surface area contributed by atoms with Gasteiger partial charge in [0.15, 0.2) is 0 Å². The molecule has 0 aromatic heterocycles. The predicted octanol–water partition coefficient (Wildman–Crippen LogP) is 2.66. The van der Waals surface area contributed by atoms with Crippen molar-refractivity contribution in [1.82, 2.24) is 0 Å². The van der Waals surface area contributed by atoms with Gasteiger partial charge in [-0.05, 0) is 13.0 Å². The molecule has 0 radical (unpaired) electrons. The lowest BCUT2D eigenvalue weighted by Crippen LogP contribution is -2.08. The van der Waals surface area contributed by atoms with Crippen LogP contribution < -0.4 is 0 Å². The Bertz CT molecular complexity index is 153. The maximum absolute atomic E-state index is 10.1. The molecule has 0 saturated heterocycles. The van der Waals surface area contributed by atoms with Crippen molar-refractivity contribution in [3.8, 4) is 0 Å². The Balaban J connectivity index is 3.71. The zero-order chi connectivity index (χ0) is 8.91. The highest BCUT2D eigenvalue weighted by Crippen LogP contribution is 2.24. The van der Waals surface area contributed by atoms with Gasteiger partial charge in [-0.15, -0.1) is 0 Å². The molecular formula is C9H16OS. The SMILES string of the molecule is C/C(=C/C=O)CSC(C)(C)C. The van der Waals surface area contributed by atoms with Gasteiger partial charge in [0.05, 0.1) is 0 Å². The standard InChI is InChI=1S/C9H16OS/c1-8(5-6-10)7-11-9(2,3)4/h5-6H,7H2,1-4H3/b8-5-. The lowest BCUT2D eigenvalue weighted by molar-refractivity contribution is -0.104. The Kier molecular flexibility index (Phi) is 4.50. The fourth-order valence-electron chi connectivity index (χ4n) is 0.495. The summed E-state index contributed by atoms with van der Waals surface area (Å²) in [5, 5.41) is 0. The number of hydrogen-bond acceptors (Lipinski definition) is 2. The van der Waals surface area contributed by atoms with Crippen molar-refractivity contribution in [2.75, 3.05) is 5.75 Å². The number of carbonyl (C=O) groups is 1. The van der Waals surface area contributed by atoms with Gasteiger partial charge in [0.25, 0.3) is 0 Å². The second kappa shape index (κ2) is 4.60. The Hall–Kier alpha value is -0.240. The number of aldehydes is 1. The summed E-state index contributed by atoms with van der Waals surface area (Å²) in [6.45, 7) is 8.50. The minimum Gasteiger partial charge on any atom is -0.299 e. The lowest BCUT2D eigenvalue weighted by Gasteiger charge is -2.17. The maximum atomic E-state index is 10.1. The number of thioether (sulfide) groups is 1. The van der Waals surface area contributed by atoms with Gasteiger partial charge in [-0.3, -0.25) is 4.79 Å². The molecule has 2 heteroatoms. The van der Waals surface area contributed by atoms with E-state index in [1.807, 2.05) is 18.7 Å². The average molecular weight is 172 g/mol. The predicted molar refractivity (Wildman–Crippen MR) is 52.0 cm³/mol. The van der Waals surface area contributed by atoms with Gasteiger partial charge in [-0.25, -0.2) is 0 Å². The molecular weight excluding hydrogens is 156 g/mol. The molecule has 0 bridgehead atoms. The van der Waals surface area contributed by atoms with E-state index in [-0.39, 0.29) is 4.75 Å². The van der Waals surface area contributed by atoms with E-state index in [4.69, 9.17) is 0 Å². The molecule has 0 atom stereocenters. The minimum atomic E-state index is 0.290. The summed E-state index contributed by atoms with van der Waals surface area (Å²) in [5.41, 5.74) is 1.14. The third kappa shape index (κ3) is 7.66. The Morgan fingerprint density at radius 3 is 2.36 bits per heavy atom. The number of hydrogen-bond donors (Lipinski definition) is 0. The highest BCUT2D eigenvalue weighted by atomic mass is 32.2. The van der Waals surface area contributed by atoms with Gasteiger partial charge >= 0.3 is 0 Å². The minimum absolute atomic E-state index is 0.290. The van der Waals surface area contributed by atoms with Crippen LogP contribution in [0.5, 0.6) is 0 Å². The molecule has 0 rings (SSSR count). The molecule has 0 fully saturated rings. The van der Waals surface area contributed by atoms with Crippen LogP contribution in [0.15, 0.2) is 11.6 Å². The van der Waals surface area contributed by atoms with Crippen LogP contribution in [0.2, 0.25) is 0 Å². The van der Waals surface area contributed by atoms with E-state index in [9.17, 15) is 4.79 Å². The quantitative estimate of drug-likeness (QED) is 0.481. The fraction of sp³-hybridized carbons (Fsp3) is 0.667. The Labute approximate surface area is 73.3 Å². The summed E-state index contributed by atoms with van der Waals surface area (Å²) in [7, 11) is 0. The van der Waals surface area contributed by atoms with Crippen LogP contribution in [-0.4, -0.2) is 16.8 Å². The maximum Gasteiger partial charge on any atom is 0.142 e. The summed E-state index contributed by atoms with van der Waals surface area (Å²) in [6.07, 6.45) is 2.47. The fourth-order valence-corrected chi connectivity index (χ4v) is 1.25. The second-order valence-electron chi connectivity index (χ2n) is 3.55. The third-order valence-corrected chi connectivity index (χ3v) is 2.55. The topological polar surface area (TPSA) is 17.1 Å². The van der Waals surface area contributed by atoms with E-state index < -0.39 is 0 Å². The normalized spacial score (nSPS) is 13.3. The van der Waals surface area contributed by atoms with Crippen molar-refractivity contribution in [3.05, 3.63) is 11.6 Å². The molecule has 0 N–H and O–H groups in total. The molecule has 0 unspecified atom stereocenters. The first-order valence-electron chi connectivity index (χ1n) is 3.70. The third-order valence-electron chi connectivity index (χ3n) is 1.09. The number of allylic oxidation sites excluding steroid dienone is 1. The smallest absolute Gasteiger partial charge is 0.142 e. The first-order chi connectivity index (χ1) is 4.95. The molecule has 0 heterocycles. The van der Waals surface area contributed by atoms with Gasteiger partial charge < -0.3 is 0 Å². The van der Waals surface area contributed by atoms with Crippen LogP contribution in [0.3, 0.4) is 0 Å². The summed E-state index contributed by atoms with van der Waals surface area (Å²) >= 11 is 1.85. The molecule has 0 aliphatic rings. The Morgan fingerprint density at radius 2 is 2.00 bits per heavy atom. The lowest BCUT2D eigenvalue weighted by atomic mass is 10.3. The summed E-state index contributed by atoms with van der Waals surface area (Å²) < 4.78 is 0.290. The van der Waals surface area contributed by atoms with Gasteiger partial charge in [-0.1, -0.05) is 26.3 Å². The summed E-state index contributed by atoms with van der Waals surface area (Å²) in [4.78, 5) is 10.1. The van der Waals surface area contributed by atoms with Crippen LogP contribution in [0.4, 0.5) is 0 Å². The van der Waals surface area contributed by atoms with Gasteiger partial charge in [0.1, 0.15) is 6.29 Å². The van der Waals surface area contributed by atoms with E-state index in [1.165, 1.54) is 0 Å². The van der Waals surface area contributed by atoms with Crippen molar-refractivity contribution in [2.24, 2.45) is 0 Å². The molecule has 11 heavy (non-hydrogen) atoms. The van der Waals surface area contributed by atoms with Crippen molar-refractivity contribution in [2.45, 2.75) is 32.4 Å². The molecule has 0 aromatic carbocycles. The summed E-state index contributed by atoms with van der Waals surface area (Å²) in [6, 6.07) is 0. The monoisotopic (exact) mass is 172 g/mol. The van der Waals surface area contributed by atoms with Crippen LogP contribution in [0.25, 0.3) is 0 Å². The molecule has 0 spiro atoms. The average Bonchev–Trinajstić information content (AvgIpc) is 1.83. The zero-order valence-corrected chi connectivity index (χ0v) is 8.49. The largest absolute Gasteiger partial charge is 0.299 e. The van der Waals surface area contributed by atoms with E-state index in [0.29, 0.717) is 0 Å². The van der Waals surface area contributed by atoms with Gasteiger partial charge in [0, 0.05) is 10.5 Å². The first kappa shape index (κ1) is 10.8. The van der Waals surface area contributed by atoms with Crippen LogP contribution in [0, 0.1) is 0 Å². The zero-order valence-electron chi connectivity index (χ0n) is 7.68. The molecule has 0 amide bonds. The molecule has 0 aliphatic carbocycles. The van der Waals surface area contributed by atoms with Crippen molar-refractivity contribution >= 4 is 18.0 Å². The van der Waals surface area contributed by atoms with E-state index in [1.54, 1.807) is 6.08 Å². The van der Waals surface area contributed by atoms with Crippen molar-refractivity contribution in [3.63, 3.8) is 0 Å². The highest BCUT2D eigenvalue weighted by Gasteiger charge is 2.09. The first-order valence-corrected chi connectivity index (χ1v) is 4.69. The van der Waals surface area contributed by atoms with Crippen LogP contribution >= 0.6 is 11.8 Å². The van der Waals surface area contributed by atoms with Crippen LogP contribution in [-0.2, 0) is 4.79 Å². The van der Waals surface area contributed by atoms with E-state index in [2.05, 4.69) is 20.8 Å². The summed E-state index contributed by atoms with van der Waals surface area (Å²) in [5.74, 6) is 0.947. The van der Waals surface area contributed by atoms with Gasteiger partial charge in [-0.2, -0.15) is 11.8 Å². The number of carbonyl (C=O) groups excluding carboxylic acids is 1. The van der Waals surface area contributed by atoms with Crippen LogP contribution in [0.1, 0.15) is 27.7 Å². The number of rotatable bonds is 3. The van der Waals surface area contributed by atoms with Gasteiger partial charge in [0.2, 0.25) is 0 Å². The highest BCUT2D eigenvalue weighted by molar-refractivity contribution is 8.00. The van der Waals surface area contributed by atoms with E-state index in [0.717, 1.165) is 17.6 Å². The van der Waals surface area contributed by atoms with Crippen molar-refractivity contribution < 1.29 is 4.79 Å². The molecule has 0 aromatic rings. The van der Waals surface area contributed by atoms with Crippen molar-refractivity contribution in [1.29, 1.82) is 0 Å².